The van der Waals surface area contributed by atoms with E-state index in [9.17, 15) is 8.42 Å². The van der Waals surface area contributed by atoms with Gasteiger partial charge in [0.25, 0.3) is 0 Å². The van der Waals surface area contributed by atoms with E-state index >= 15 is 0 Å². The maximum Gasteiger partial charge on any atom is 0.214 e. The SMILES string of the molecule is CCS(=O)(=O)N1Cc2nccn2C[C@@H](CN(C)C)C1. The molecule has 7 heteroatoms. The van der Waals surface area contributed by atoms with E-state index in [1.54, 1.807) is 17.4 Å². The summed E-state index contributed by atoms with van der Waals surface area (Å²) in [4.78, 5) is 6.37. The zero-order chi connectivity index (χ0) is 14.0. The Labute approximate surface area is 115 Å². The van der Waals surface area contributed by atoms with E-state index < -0.39 is 10.0 Å². The third-order valence-corrected chi connectivity index (χ3v) is 5.21. The van der Waals surface area contributed by atoms with Crippen LogP contribution >= 0.6 is 0 Å². The van der Waals surface area contributed by atoms with Crippen molar-refractivity contribution in [3.8, 4) is 0 Å². The first-order valence-electron chi connectivity index (χ1n) is 6.55. The van der Waals surface area contributed by atoms with Gasteiger partial charge in [0, 0.05) is 37.9 Å². The summed E-state index contributed by atoms with van der Waals surface area (Å²) in [7, 11) is 0.852. The van der Waals surface area contributed by atoms with E-state index in [-0.39, 0.29) is 11.7 Å². The van der Waals surface area contributed by atoms with Gasteiger partial charge in [0.05, 0.1) is 12.3 Å². The fraction of sp³-hybridized carbons (Fsp3) is 0.750. The van der Waals surface area contributed by atoms with Crippen molar-refractivity contribution in [2.45, 2.75) is 20.0 Å². The maximum absolute atomic E-state index is 12.1. The Morgan fingerprint density at radius 1 is 1.42 bits per heavy atom. The van der Waals surface area contributed by atoms with E-state index in [0.29, 0.717) is 13.1 Å². The van der Waals surface area contributed by atoms with Gasteiger partial charge in [-0.15, -0.1) is 0 Å². The summed E-state index contributed by atoms with van der Waals surface area (Å²) in [5.41, 5.74) is 0. The van der Waals surface area contributed by atoms with E-state index in [4.69, 9.17) is 0 Å². The van der Waals surface area contributed by atoms with Crippen LogP contribution in [-0.4, -0.2) is 60.1 Å². The fourth-order valence-electron chi connectivity index (χ4n) is 2.53. The van der Waals surface area contributed by atoms with Crippen LogP contribution in [0.3, 0.4) is 0 Å². The molecule has 0 aliphatic carbocycles. The molecule has 0 aromatic carbocycles. The van der Waals surface area contributed by atoms with Crippen molar-refractivity contribution in [3.05, 3.63) is 18.2 Å². The van der Waals surface area contributed by atoms with E-state index in [1.165, 1.54) is 0 Å². The Bertz CT molecular complexity index is 524. The summed E-state index contributed by atoms with van der Waals surface area (Å²) in [6.45, 7) is 4.33. The van der Waals surface area contributed by atoms with Gasteiger partial charge in [-0.2, -0.15) is 4.31 Å². The van der Waals surface area contributed by atoms with Crippen LogP contribution in [0.4, 0.5) is 0 Å². The molecule has 0 radical (unpaired) electrons. The van der Waals surface area contributed by atoms with Gasteiger partial charge in [-0.3, -0.25) is 0 Å². The average molecular weight is 286 g/mol. The molecule has 0 amide bonds. The molecule has 1 aliphatic heterocycles. The largest absolute Gasteiger partial charge is 0.333 e. The second-order valence-electron chi connectivity index (χ2n) is 5.32. The van der Waals surface area contributed by atoms with Crippen LogP contribution in [0.15, 0.2) is 12.4 Å². The van der Waals surface area contributed by atoms with Crippen LogP contribution in [0, 0.1) is 5.92 Å². The number of nitrogens with zero attached hydrogens (tertiary/aromatic N) is 4. The highest BCUT2D eigenvalue weighted by Gasteiger charge is 2.29. The third kappa shape index (κ3) is 3.34. The molecular weight excluding hydrogens is 264 g/mol. The third-order valence-electron chi connectivity index (χ3n) is 3.42. The molecule has 0 saturated carbocycles. The first kappa shape index (κ1) is 14.5. The van der Waals surface area contributed by atoms with E-state index in [1.807, 2.05) is 20.3 Å². The molecule has 0 N–H and O–H groups in total. The monoisotopic (exact) mass is 286 g/mol. The van der Waals surface area contributed by atoms with Crippen molar-refractivity contribution in [1.82, 2.24) is 18.8 Å². The lowest BCUT2D eigenvalue weighted by Gasteiger charge is -2.25. The number of fused-ring (bicyclic) bond motifs is 1. The molecule has 1 atom stereocenters. The highest BCUT2D eigenvalue weighted by Crippen LogP contribution is 2.19. The number of aromatic nitrogens is 2. The second kappa shape index (κ2) is 5.60. The van der Waals surface area contributed by atoms with Gasteiger partial charge in [0.15, 0.2) is 0 Å². The Hall–Kier alpha value is -0.920. The van der Waals surface area contributed by atoms with E-state index in [0.717, 1.165) is 18.9 Å². The van der Waals surface area contributed by atoms with Crippen molar-refractivity contribution >= 4 is 10.0 Å². The van der Waals surface area contributed by atoms with Crippen molar-refractivity contribution in [2.75, 3.05) is 32.9 Å². The molecule has 0 spiro atoms. The predicted molar refractivity (Wildman–Crippen MR) is 74.1 cm³/mol. The van der Waals surface area contributed by atoms with Gasteiger partial charge in [-0.1, -0.05) is 0 Å². The summed E-state index contributed by atoms with van der Waals surface area (Å²) >= 11 is 0. The smallest absolute Gasteiger partial charge is 0.214 e. The molecule has 0 saturated heterocycles. The Kier molecular flexibility index (Phi) is 4.27. The van der Waals surface area contributed by atoms with Crippen LogP contribution in [0.25, 0.3) is 0 Å². The number of imidazole rings is 1. The summed E-state index contributed by atoms with van der Waals surface area (Å²) in [6, 6.07) is 0. The van der Waals surface area contributed by atoms with Gasteiger partial charge in [0.2, 0.25) is 10.0 Å². The topological polar surface area (TPSA) is 58.4 Å². The molecule has 1 aliphatic rings. The van der Waals surface area contributed by atoms with Gasteiger partial charge < -0.3 is 9.47 Å². The van der Waals surface area contributed by atoms with Gasteiger partial charge in [-0.05, 0) is 21.0 Å². The Balaban J connectivity index is 2.27. The van der Waals surface area contributed by atoms with Crippen LogP contribution in [0.1, 0.15) is 12.7 Å². The van der Waals surface area contributed by atoms with Gasteiger partial charge >= 0.3 is 0 Å². The molecule has 6 nitrogen and oxygen atoms in total. The normalized spacial score (nSPS) is 21.4. The lowest BCUT2D eigenvalue weighted by Crippen LogP contribution is -2.38. The van der Waals surface area contributed by atoms with Crippen LogP contribution in [0.5, 0.6) is 0 Å². The summed E-state index contributed by atoms with van der Waals surface area (Å²) < 4.78 is 27.9. The lowest BCUT2D eigenvalue weighted by atomic mass is 10.1. The minimum absolute atomic E-state index is 0.141. The zero-order valence-corrected chi connectivity index (χ0v) is 12.6. The minimum atomic E-state index is -3.17. The van der Waals surface area contributed by atoms with Crippen molar-refractivity contribution in [3.63, 3.8) is 0 Å². The zero-order valence-electron chi connectivity index (χ0n) is 11.8. The van der Waals surface area contributed by atoms with Gasteiger partial charge in [0.1, 0.15) is 5.82 Å². The standard InChI is InChI=1S/C12H22N4O2S/c1-4-19(17,18)16-9-11(7-14(2)3)8-15-6-5-13-12(15)10-16/h5-6,11H,4,7-10H2,1-3H3/t11-/m1/s1. The first-order valence-corrected chi connectivity index (χ1v) is 8.16. The molecule has 1 aromatic rings. The van der Waals surface area contributed by atoms with Crippen molar-refractivity contribution in [2.24, 2.45) is 5.92 Å². The van der Waals surface area contributed by atoms with Crippen molar-refractivity contribution in [1.29, 1.82) is 0 Å². The Morgan fingerprint density at radius 2 is 2.16 bits per heavy atom. The Morgan fingerprint density at radius 3 is 2.79 bits per heavy atom. The van der Waals surface area contributed by atoms with Crippen molar-refractivity contribution < 1.29 is 8.42 Å². The van der Waals surface area contributed by atoms with Crippen LogP contribution in [-0.2, 0) is 23.1 Å². The molecule has 1 aromatic heterocycles. The fourth-order valence-corrected chi connectivity index (χ4v) is 3.65. The quantitative estimate of drug-likeness (QED) is 0.795. The molecular formula is C12H22N4O2S. The maximum atomic E-state index is 12.1. The molecule has 2 heterocycles. The summed E-state index contributed by atoms with van der Waals surface area (Å²) in [5.74, 6) is 1.26. The number of sulfonamides is 1. The molecule has 0 fully saturated rings. The molecule has 19 heavy (non-hydrogen) atoms. The molecule has 108 valence electrons. The van der Waals surface area contributed by atoms with E-state index in [2.05, 4.69) is 14.5 Å². The second-order valence-corrected chi connectivity index (χ2v) is 7.57. The number of hydrogen-bond acceptors (Lipinski definition) is 4. The first-order chi connectivity index (χ1) is 8.92. The summed E-state index contributed by atoms with van der Waals surface area (Å²) in [5, 5.41) is 0. The molecule has 0 unspecified atom stereocenters. The minimum Gasteiger partial charge on any atom is -0.333 e. The number of rotatable bonds is 4. The van der Waals surface area contributed by atoms with Crippen LogP contribution in [0.2, 0.25) is 0 Å². The van der Waals surface area contributed by atoms with Gasteiger partial charge in [-0.25, -0.2) is 13.4 Å². The molecule has 2 rings (SSSR count). The molecule has 0 bridgehead atoms. The highest BCUT2D eigenvalue weighted by molar-refractivity contribution is 7.89. The number of hydrogen-bond donors (Lipinski definition) is 0. The highest BCUT2D eigenvalue weighted by atomic mass is 32.2. The average Bonchev–Trinajstić information content (AvgIpc) is 2.67. The van der Waals surface area contributed by atoms with Crippen LogP contribution < -0.4 is 0 Å². The summed E-state index contributed by atoms with van der Waals surface area (Å²) in [6.07, 6.45) is 3.67. The lowest BCUT2D eigenvalue weighted by molar-refractivity contribution is 0.265. The predicted octanol–water partition coefficient (Wildman–Crippen LogP) is 0.226.